The average molecular weight is 388 g/mol. The molecular formula is C20H25N3O3S. The van der Waals surface area contributed by atoms with E-state index in [1.807, 2.05) is 66.2 Å². The van der Waals surface area contributed by atoms with Crippen LogP contribution in [0.2, 0.25) is 0 Å². The Bertz CT molecular complexity index is 969. The highest BCUT2D eigenvalue weighted by Gasteiger charge is 2.10. The van der Waals surface area contributed by atoms with Crippen molar-refractivity contribution in [1.29, 1.82) is 0 Å². The number of fused-ring (bicyclic) bond motifs is 1. The minimum absolute atomic E-state index is 0.0372. The van der Waals surface area contributed by atoms with E-state index in [9.17, 15) is 8.42 Å². The van der Waals surface area contributed by atoms with Crippen LogP contribution in [-0.2, 0) is 27.9 Å². The molecule has 3 aromatic rings. The summed E-state index contributed by atoms with van der Waals surface area (Å²) >= 11 is 0. The number of hydrogen-bond donors (Lipinski definition) is 1. The number of rotatable bonds is 10. The maximum absolute atomic E-state index is 12.0. The van der Waals surface area contributed by atoms with Crippen LogP contribution in [0, 0.1) is 6.92 Å². The molecule has 0 atom stereocenters. The lowest BCUT2D eigenvalue weighted by Gasteiger charge is -2.08. The first-order chi connectivity index (χ1) is 13.1. The Morgan fingerprint density at radius 3 is 2.59 bits per heavy atom. The third-order valence-corrected chi connectivity index (χ3v) is 5.73. The standard InChI is InChI=1S/C20H25N3O3S/c1-17-19-10-5-6-11-20(19)22-23(17)13-7-12-21-27(24,25)15-14-26-16-18-8-3-2-4-9-18/h2-6,8-11,21H,7,12-16H2,1H3. The van der Waals surface area contributed by atoms with Crippen LogP contribution in [0.3, 0.4) is 0 Å². The predicted molar refractivity (Wildman–Crippen MR) is 107 cm³/mol. The number of nitrogens with one attached hydrogen (secondary N) is 1. The molecule has 0 aliphatic heterocycles. The predicted octanol–water partition coefficient (Wildman–Crippen LogP) is 2.87. The summed E-state index contributed by atoms with van der Waals surface area (Å²) in [6, 6.07) is 17.7. The van der Waals surface area contributed by atoms with Gasteiger partial charge in [0.1, 0.15) is 0 Å². The van der Waals surface area contributed by atoms with Gasteiger partial charge in [0.25, 0.3) is 0 Å². The van der Waals surface area contributed by atoms with Gasteiger partial charge in [-0.25, -0.2) is 13.1 Å². The summed E-state index contributed by atoms with van der Waals surface area (Å²) in [5, 5.41) is 5.69. The fourth-order valence-corrected chi connectivity index (χ4v) is 3.83. The highest BCUT2D eigenvalue weighted by Crippen LogP contribution is 2.17. The molecule has 0 radical (unpaired) electrons. The molecular weight excluding hydrogens is 362 g/mol. The molecule has 7 heteroatoms. The Kier molecular flexibility index (Phi) is 6.60. The third kappa shape index (κ3) is 5.63. The van der Waals surface area contributed by atoms with Crippen molar-refractivity contribution in [2.24, 2.45) is 0 Å². The fraction of sp³-hybridized carbons (Fsp3) is 0.350. The molecule has 0 amide bonds. The summed E-state index contributed by atoms with van der Waals surface area (Å²) in [5.41, 5.74) is 3.10. The molecule has 0 bridgehead atoms. The van der Waals surface area contributed by atoms with Crippen LogP contribution in [0.4, 0.5) is 0 Å². The molecule has 0 fully saturated rings. The molecule has 0 saturated heterocycles. The van der Waals surface area contributed by atoms with E-state index in [0.29, 0.717) is 26.1 Å². The van der Waals surface area contributed by atoms with Crippen molar-refractivity contribution in [3.8, 4) is 0 Å². The van der Waals surface area contributed by atoms with E-state index in [2.05, 4.69) is 9.82 Å². The van der Waals surface area contributed by atoms with Crippen molar-refractivity contribution in [3.63, 3.8) is 0 Å². The Labute approximate surface area is 160 Å². The summed E-state index contributed by atoms with van der Waals surface area (Å²) in [6.07, 6.45) is 0.679. The van der Waals surface area contributed by atoms with Crippen molar-refractivity contribution >= 4 is 20.9 Å². The first-order valence-corrected chi connectivity index (χ1v) is 10.7. The van der Waals surface area contributed by atoms with Crippen LogP contribution in [0.25, 0.3) is 10.9 Å². The topological polar surface area (TPSA) is 73.2 Å². The van der Waals surface area contributed by atoms with Crippen LogP contribution in [0.5, 0.6) is 0 Å². The van der Waals surface area contributed by atoms with Gasteiger partial charge in [-0.2, -0.15) is 5.10 Å². The maximum atomic E-state index is 12.0. The summed E-state index contributed by atoms with van der Waals surface area (Å²) in [6.45, 7) is 3.68. The summed E-state index contributed by atoms with van der Waals surface area (Å²) in [7, 11) is -3.33. The molecule has 144 valence electrons. The number of aromatic nitrogens is 2. The smallest absolute Gasteiger partial charge is 0.213 e. The molecule has 2 aromatic carbocycles. The number of sulfonamides is 1. The van der Waals surface area contributed by atoms with Gasteiger partial charge >= 0.3 is 0 Å². The van der Waals surface area contributed by atoms with Crippen LogP contribution in [-0.4, -0.2) is 37.1 Å². The van der Waals surface area contributed by atoms with Crippen LogP contribution in [0.1, 0.15) is 17.7 Å². The summed E-state index contributed by atoms with van der Waals surface area (Å²) in [5.74, 6) is -0.0372. The molecule has 6 nitrogen and oxygen atoms in total. The molecule has 1 N–H and O–H groups in total. The van der Waals surface area contributed by atoms with Gasteiger partial charge in [-0.1, -0.05) is 48.5 Å². The molecule has 0 aliphatic carbocycles. The van der Waals surface area contributed by atoms with Gasteiger partial charge < -0.3 is 4.74 Å². The number of ether oxygens (including phenoxy) is 1. The third-order valence-electron chi connectivity index (χ3n) is 4.39. The normalized spacial score (nSPS) is 11.9. The minimum Gasteiger partial charge on any atom is -0.376 e. The minimum atomic E-state index is -3.33. The number of benzene rings is 2. The second-order valence-corrected chi connectivity index (χ2v) is 8.36. The van der Waals surface area contributed by atoms with E-state index < -0.39 is 10.0 Å². The van der Waals surface area contributed by atoms with E-state index in [4.69, 9.17) is 4.74 Å². The van der Waals surface area contributed by atoms with E-state index in [1.165, 1.54) is 0 Å². The first kappa shape index (κ1) is 19.5. The van der Waals surface area contributed by atoms with Crippen molar-refractivity contribution in [3.05, 3.63) is 65.9 Å². The van der Waals surface area contributed by atoms with Crippen LogP contribution < -0.4 is 4.72 Å². The van der Waals surface area contributed by atoms with Gasteiger partial charge in [-0.15, -0.1) is 0 Å². The van der Waals surface area contributed by atoms with Crippen molar-refractivity contribution < 1.29 is 13.2 Å². The molecule has 27 heavy (non-hydrogen) atoms. The lowest BCUT2D eigenvalue weighted by Crippen LogP contribution is -2.29. The highest BCUT2D eigenvalue weighted by molar-refractivity contribution is 7.89. The van der Waals surface area contributed by atoms with Gasteiger partial charge in [0.15, 0.2) is 0 Å². The number of nitrogens with zero attached hydrogens (tertiary/aromatic N) is 2. The zero-order valence-corrected chi connectivity index (χ0v) is 16.3. The van der Waals surface area contributed by atoms with E-state index in [0.717, 1.165) is 22.2 Å². The van der Waals surface area contributed by atoms with Gasteiger partial charge in [0, 0.05) is 24.2 Å². The van der Waals surface area contributed by atoms with Gasteiger partial charge in [0.2, 0.25) is 10.0 Å². The lowest BCUT2D eigenvalue weighted by atomic mass is 10.2. The molecule has 0 spiro atoms. The van der Waals surface area contributed by atoms with E-state index in [1.54, 1.807) is 0 Å². The number of aryl methyl sites for hydroxylation is 2. The fourth-order valence-electron chi connectivity index (χ4n) is 2.89. The van der Waals surface area contributed by atoms with Gasteiger partial charge in [-0.3, -0.25) is 4.68 Å². The second kappa shape index (κ2) is 9.12. The van der Waals surface area contributed by atoms with Crippen LogP contribution in [0.15, 0.2) is 54.6 Å². The molecule has 1 aromatic heterocycles. The Morgan fingerprint density at radius 2 is 1.81 bits per heavy atom. The van der Waals surface area contributed by atoms with Crippen molar-refractivity contribution in [1.82, 2.24) is 14.5 Å². The van der Waals surface area contributed by atoms with Crippen molar-refractivity contribution in [2.75, 3.05) is 18.9 Å². The van der Waals surface area contributed by atoms with Gasteiger partial charge in [-0.05, 0) is 25.0 Å². The second-order valence-electron chi connectivity index (χ2n) is 6.43. The average Bonchev–Trinajstić information content (AvgIpc) is 2.99. The summed E-state index contributed by atoms with van der Waals surface area (Å²) in [4.78, 5) is 0. The largest absolute Gasteiger partial charge is 0.376 e. The molecule has 0 saturated carbocycles. The molecule has 0 unspecified atom stereocenters. The molecule has 0 aliphatic rings. The zero-order valence-electron chi connectivity index (χ0n) is 15.5. The first-order valence-electron chi connectivity index (χ1n) is 9.06. The Hall–Kier alpha value is -2.22. The van der Waals surface area contributed by atoms with Gasteiger partial charge in [0.05, 0.1) is 24.5 Å². The Morgan fingerprint density at radius 1 is 1.07 bits per heavy atom. The Balaban J connectivity index is 1.38. The zero-order chi connectivity index (χ0) is 19.1. The van der Waals surface area contributed by atoms with Crippen molar-refractivity contribution in [2.45, 2.75) is 26.5 Å². The van der Waals surface area contributed by atoms with E-state index >= 15 is 0 Å². The highest BCUT2D eigenvalue weighted by atomic mass is 32.2. The molecule has 3 rings (SSSR count). The van der Waals surface area contributed by atoms with E-state index in [-0.39, 0.29) is 12.4 Å². The quantitative estimate of drug-likeness (QED) is 0.543. The summed E-state index contributed by atoms with van der Waals surface area (Å²) < 4.78 is 34.1. The SMILES string of the molecule is Cc1c2ccccc2nn1CCCNS(=O)(=O)CCOCc1ccccc1. The number of hydrogen-bond acceptors (Lipinski definition) is 4. The lowest BCUT2D eigenvalue weighted by molar-refractivity contribution is 0.135. The monoisotopic (exact) mass is 387 g/mol. The maximum Gasteiger partial charge on any atom is 0.213 e. The van der Waals surface area contributed by atoms with Crippen LogP contribution >= 0.6 is 0 Å². The molecule has 1 heterocycles.